The first-order valence-corrected chi connectivity index (χ1v) is 8.79. The van der Waals surface area contributed by atoms with Gasteiger partial charge in [0.25, 0.3) is 17.5 Å². The summed E-state index contributed by atoms with van der Waals surface area (Å²) in [4.78, 5) is 59.2. The van der Waals surface area contributed by atoms with Gasteiger partial charge in [0.1, 0.15) is 12.3 Å². The summed E-state index contributed by atoms with van der Waals surface area (Å²) in [6.45, 7) is -0.447. The van der Waals surface area contributed by atoms with Gasteiger partial charge in [0.2, 0.25) is 5.91 Å². The van der Waals surface area contributed by atoms with E-state index in [0.717, 1.165) is 12.1 Å². The first kappa shape index (κ1) is 20.5. The molecule has 0 atom stereocenters. The smallest absolute Gasteiger partial charge is 0.410 e. The molecule has 0 aromatic heterocycles. The maximum absolute atomic E-state index is 12.3. The molecular formula is C19H16N4O7. The van der Waals surface area contributed by atoms with Crippen molar-refractivity contribution in [1.29, 1.82) is 0 Å². The number of non-ortho nitro benzene ring substituents is 1. The third-order valence-electron chi connectivity index (χ3n) is 4.14. The minimum Gasteiger partial charge on any atom is -0.410 e. The van der Waals surface area contributed by atoms with E-state index in [1.54, 1.807) is 30.3 Å². The van der Waals surface area contributed by atoms with Gasteiger partial charge < -0.3 is 15.4 Å². The number of amides is 4. The van der Waals surface area contributed by atoms with E-state index in [4.69, 9.17) is 4.74 Å². The van der Waals surface area contributed by atoms with Gasteiger partial charge in [0.05, 0.1) is 16.1 Å². The molecule has 2 aromatic carbocycles. The van der Waals surface area contributed by atoms with Crippen molar-refractivity contribution < 1.29 is 28.8 Å². The molecule has 0 radical (unpaired) electrons. The standard InChI is InChI=1S/C19H16N4O7/c24-16(20-8-9-21-19(27)30-13-4-2-1-3-5-13)11-22-17(25)14-7-6-12(23(28)29)10-15(14)18(22)26/h1-7,10H,8-9,11H2,(H,20,24)(H,21,27). The highest BCUT2D eigenvalue weighted by Crippen LogP contribution is 2.26. The lowest BCUT2D eigenvalue weighted by Gasteiger charge is -2.13. The van der Waals surface area contributed by atoms with E-state index in [-0.39, 0.29) is 29.9 Å². The summed E-state index contributed by atoms with van der Waals surface area (Å²) in [6, 6.07) is 11.7. The molecule has 4 amide bonds. The third kappa shape index (κ3) is 4.58. The number of nitro groups is 1. The van der Waals surface area contributed by atoms with Crippen LogP contribution < -0.4 is 15.4 Å². The first-order chi connectivity index (χ1) is 14.4. The van der Waals surface area contributed by atoms with Crippen LogP contribution in [0.2, 0.25) is 0 Å². The summed E-state index contributed by atoms with van der Waals surface area (Å²) >= 11 is 0. The zero-order valence-electron chi connectivity index (χ0n) is 15.5. The predicted molar refractivity (Wildman–Crippen MR) is 102 cm³/mol. The summed E-state index contributed by atoms with van der Waals surface area (Å²) in [5.74, 6) is -1.75. The fourth-order valence-electron chi connectivity index (χ4n) is 2.73. The summed E-state index contributed by atoms with van der Waals surface area (Å²) in [6.07, 6.45) is -0.697. The fraction of sp³-hybridized carbons (Fsp3) is 0.158. The molecule has 0 aliphatic carbocycles. The lowest BCUT2D eigenvalue weighted by atomic mass is 10.1. The Balaban J connectivity index is 1.46. The largest absolute Gasteiger partial charge is 0.412 e. The molecule has 0 bridgehead atoms. The van der Waals surface area contributed by atoms with E-state index < -0.39 is 35.3 Å². The van der Waals surface area contributed by atoms with E-state index in [2.05, 4.69) is 10.6 Å². The molecule has 154 valence electrons. The topological polar surface area (TPSA) is 148 Å². The molecular weight excluding hydrogens is 396 g/mol. The summed E-state index contributed by atoms with van der Waals surface area (Å²) in [7, 11) is 0. The fourth-order valence-corrected chi connectivity index (χ4v) is 2.73. The van der Waals surface area contributed by atoms with Crippen LogP contribution in [0, 0.1) is 10.1 Å². The quantitative estimate of drug-likeness (QED) is 0.299. The minimum atomic E-state index is -0.779. The van der Waals surface area contributed by atoms with Crippen LogP contribution in [-0.2, 0) is 4.79 Å². The van der Waals surface area contributed by atoms with Crippen molar-refractivity contribution in [1.82, 2.24) is 15.5 Å². The van der Waals surface area contributed by atoms with Crippen LogP contribution in [0.3, 0.4) is 0 Å². The van der Waals surface area contributed by atoms with Gasteiger partial charge in [-0.05, 0) is 18.2 Å². The molecule has 0 fully saturated rings. The number of nitro benzene ring substituents is 1. The molecule has 0 spiro atoms. The van der Waals surface area contributed by atoms with Crippen molar-refractivity contribution in [2.75, 3.05) is 19.6 Å². The minimum absolute atomic E-state index is 0.00345. The molecule has 0 saturated heterocycles. The molecule has 30 heavy (non-hydrogen) atoms. The van der Waals surface area contributed by atoms with Gasteiger partial charge in [-0.15, -0.1) is 0 Å². The van der Waals surface area contributed by atoms with Gasteiger partial charge in [-0.2, -0.15) is 0 Å². The molecule has 0 unspecified atom stereocenters. The highest BCUT2D eigenvalue weighted by Gasteiger charge is 2.37. The molecule has 11 heteroatoms. The molecule has 1 aliphatic rings. The van der Waals surface area contributed by atoms with E-state index in [1.807, 2.05) is 0 Å². The van der Waals surface area contributed by atoms with Crippen LogP contribution in [0.25, 0.3) is 0 Å². The zero-order chi connectivity index (χ0) is 21.7. The molecule has 11 nitrogen and oxygen atoms in total. The molecule has 1 heterocycles. The second-order valence-corrected chi connectivity index (χ2v) is 6.16. The molecule has 0 saturated carbocycles. The highest BCUT2D eigenvalue weighted by molar-refractivity contribution is 6.22. The van der Waals surface area contributed by atoms with E-state index in [1.165, 1.54) is 6.07 Å². The van der Waals surface area contributed by atoms with Gasteiger partial charge >= 0.3 is 6.09 Å². The average Bonchev–Trinajstić information content (AvgIpc) is 2.96. The van der Waals surface area contributed by atoms with Gasteiger partial charge in [0.15, 0.2) is 0 Å². The number of benzene rings is 2. The average molecular weight is 412 g/mol. The predicted octanol–water partition coefficient (Wildman–Crippen LogP) is 1.10. The number of rotatable bonds is 7. The Hall–Kier alpha value is -4.28. The van der Waals surface area contributed by atoms with Crippen LogP contribution in [0.5, 0.6) is 5.75 Å². The Labute approximate surface area is 169 Å². The zero-order valence-corrected chi connectivity index (χ0v) is 15.5. The van der Waals surface area contributed by atoms with Crippen LogP contribution in [0.1, 0.15) is 20.7 Å². The number of carbonyl (C=O) groups excluding carboxylic acids is 4. The number of nitrogens with zero attached hydrogens (tertiary/aromatic N) is 2. The van der Waals surface area contributed by atoms with E-state index >= 15 is 0 Å². The Morgan fingerprint density at radius 1 is 0.967 bits per heavy atom. The monoisotopic (exact) mass is 412 g/mol. The van der Waals surface area contributed by atoms with Crippen LogP contribution in [0.4, 0.5) is 10.5 Å². The number of carbonyl (C=O) groups is 4. The number of fused-ring (bicyclic) bond motifs is 1. The highest BCUT2D eigenvalue weighted by atomic mass is 16.6. The van der Waals surface area contributed by atoms with Gasteiger partial charge in [0, 0.05) is 25.2 Å². The van der Waals surface area contributed by atoms with Crippen molar-refractivity contribution in [3.63, 3.8) is 0 Å². The number of ether oxygens (including phenoxy) is 1. The summed E-state index contributed by atoms with van der Waals surface area (Å²) in [5.41, 5.74) is -0.439. The summed E-state index contributed by atoms with van der Waals surface area (Å²) < 4.78 is 5.01. The second kappa shape index (κ2) is 8.82. The number of hydrogen-bond donors (Lipinski definition) is 2. The first-order valence-electron chi connectivity index (χ1n) is 8.79. The van der Waals surface area contributed by atoms with Gasteiger partial charge in [-0.3, -0.25) is 29.4 Å². The number of para-hydroxylation sites is 1. The van der Waals surface area contributed by atoms with Crippen LogP contribution in [-0.4, -0.2) is 53.3 Å². The maximum Gasteiger partial charge on any atom is 0.412 e. The number of nitrogens with one attached hydrogen (secondary N) is 2. The Morgan fingerprint density at radius 3 is 2.33 bits per heavy atom. The van der Waals surface area contributed by atoms with Crippen LogP contribution in [0.15, 0.2) is 48.5 Å². The molecule has 2 aromatic rings. The Kier molecular flexibility index (Phi) is 6.01. The van der Waals surface area contributed by atoms with Gasteiger partial charge in [-0.25, -0.2) is 4.79 Å². The van der Waals surface area contributed by atoms with Crippen molar-refractivity contribution in [2.45, 2.75) is 0 Å². The van der Waals surface area contributed by atoms with Crippen LogP contribution >= 0.6 is 0 Å². The number of hydrogen-bond acceptors (Lipinski definition) is 7. The van der Waals surface area contributed by atoms with Crippen molar-refractivity contribution in [3.8, 4) is 5.75 Å². The SMILES string of the molecule is O=C(CN1C(=O)c2ccc([N+](=O)[O-])cc2C1=O)NCCNC(=O)Oc1ccccc1. The van der Waals surface area contributed by atoms with E-state index in [9.17, 15) is 29.3 Å². The Bertz CT molecular complexity index is 1020. The van der Waals surface area contributed by atoms with Crippen molar-refractivity contribution in [2.24, 2.45) is 0 Å². The maximum atomic E-state index is 12.3. The third-order valence-corrected chi connectivity index (χ3v) is 4.14. The summed E-state index contributed by atoms with van der Waals surface area (Å²) in [5, 5.41) is 15.7. The Morgan fingerprint density at radius 2 is 1.63 bits per heavy atom. The lowest BCUT2D eigenvalue weighted by molar-refractivity contribution is -0.384. The second-order valence-electron chi connectivity index (χ2n) is 6.16. The lowest BCUT2D eigenvalue weighted by Crippen LogP contribution is -2.42. The molecule has 2 N–H and O–H groups in total. The number of imide groups is 1. The van der Waals surface area contributed by atoms with Gasteiger partial charge in [-0.1, -0.05) is 18.2 Å². The van der Waals surface area contributed by atoms with Crippen molar-refractivity contribution in [3.05, 3.63) is 69.8 Å². The normalized spacial score (nSPS) is 12.3. The molecule has 1 aliphatic heterocycles. The molecule has 3 rings (SSSR count). The van der Waals surface area contributed by atoms with E-state index in [0.29, 0.717) is 10.6 Å². The van der Waals surface area contributed by atoms with Crippen molar-refractivity contribution >= 4 is 29.5 Å².